The summed E-state index contributed by atoms with van der Waals surface area (Å²) in [5, 5.41) is 24.0. The van der Waals surface area contributed by atoms with Crippen molar-refractivity contribution in [2.45, 2.75) is 43.8 Å². The van der Waals surface area contributed by atoms with Gasteiger partial charge in [0.05, 0.1) is 6.04 Å². The molecule has 12 heteroatoms. The summed E-state index contributed by atoms with van der Waals surface area (Å²) >= 11 is 1.49. The minimum atomic E-state index is -1.21. The van der Waals surface area contributed by atoms with Gasteiger partial charge in [0.1, 0.15) is 17.8 Å². The number of nitrogens with one attached hydrogen (secondary N) is 2. The number of phenols is 1. The fourth-order valence-electron chi connectivity index (χ4n) is 2.77. The zero-order valence-corrected chi connectivity index (χ0v) is 18.8. The molecular weight excluding hydrogens is 436 g/mol. The molecule has 178 valence electrons. The number of nitrogens with two attached hydrogens (primary N) is 3. The number of carboxylic acid groups (broad SMARTS) is 1. The lowest BCUT2D eigenvalue weighted by Gasteiger charge is -2.23. The molecule has 0 aromatic heterocycles. The minimum Gasteiger partial charge on any atom is -0.508 e. The normalized spacial score (nSPS) is 13.4. The van der Waals surface area contributed by atoms with Crippen LogP contribution in [-0.2, 0) is 20.8 Å². The van der Waals surface area contributed by atoms with Crippen LogP contribution in [0.4, 0.5) is 0 Å². The number of rotatable bonds is 14. The first-order chi connectivity index (χ1) is 15.1. The molecule has 0 spiro atoms. The first-order valence-electron chi connectivity index (χ1n) is 10.1. The van der Waals surface area contributed by atoms with Crippen LogP contribution in [0.2, 0.25) is 0 Å². The van der Waals surface area contributed by atoms with Crippen molar-refractivity contribution in [3.05, 3.63) is 29.8 Å². The minimum absolute atomic E-state index is 0.0227. The third-order valence-electron chi connectivity index (χ3n) is 4.54. The van der Waals surface area contributed by atoms with Gasteiger partial charge in [-0.05, 0) is 49.0 Å². The smallest absolute Gasteiger partial charge is 0.326 e. The van der Waals surface area contributed by atoms with E-state index in [2.05, 4.69) is 15.6 Å². The van der Waals surface area contributed by atoms with E-state index in [1.807, 2.05) is 6.26 Å². The lowest BCUT2D eigenvalue weighted by atomic mass is 10.0. The SMILES string of the molecule is CSCC[C@H](NC(=O)[C@@H](N)CCCN=C(N)N)C(=O)N[C@@H](Cc1ccc(O)cc1)C(=O)O. The van der Waals surface area contributed by atoms with Gasteiger partial charge in [0.2, 0.25) is 11.8 Å². The van der Waals surface area contributed by atoms with Gasteiger partial charge >= 0.3 is 5.97 Å². The van der Waals surface area contributed by atoms with Gasteiger partial charge in [0.15, 0.2) is 5.96 Å². The summed E-state index contributed by atoms with van der Waals surface area (Å²) in [6.45, 7) is 0.331. The number of benzene rings is 1. The molecule has 0 heterocycles. The van der Waals surface area contributed by atoms with E-state index in [1.54, 1.807) is 12.1 Å². The van der Waals surface area contributed by atoms with Crippen LogP contribution in [0.5, 0.6) is 5.75 Å². The Morgan fingerprint density at radius 2 is 1.69 bits per heavy atom. The third kappa shape index (κ3) is 10.4. The number of thioether (sulfide) groups is 1. The van der Waals surface area contributed by atoms with Crippen molar-refractivity contribution in [2.75, 3.05) is 18.6 Å². The highest BCUT2D eigenvalue weighted by atomic mass is 32.2. The van der Waals surface area contributed by atoms with Crippen molar-refractivity contribution >= 4 is 35.5 Å². The first kappa shape index (κ1) is 27.0. The van der Waals surface area contributed by atoms with Crippen molar-refractivity contribution in [2.24, 2.45) is 22.2 Å². The lowest BCUT2D eigenvalue weighted by Crippen LogP contribution is -2.55. The number of carboxylic acids is 1. The number of aromatic hydroxyl groups is 1. The summed E-state index contributed by atoms with van der Waals surface area (Å²) < 4.78 is 0. The summed E-state index contributed by atoms with van der Waals surface area (Å²) in [5.74, 6) is -1.74. The number of phenolic OH excluding ortho intramolecular Hbond substituents is 1. The van der Waals surface area contributed by atoms with Crippen LogP contribution in [0.1, 0.15) is 24.8 Å². The molecule has 0 saturated heterocycles. The van der Waals surface area contributed by atoms with E-state index in [0.29, 0.717) is 37.1 Å². The number of guanidine groups is 1. The maximum Gasteiger partial charge on any atom is 0.326 e. The second-order valence-electron chi connectivity index (χ2n) is 7.17. The fraction of sp³-hybridized carbons (Fsp3) is 0.500. The van der Waals surface area contributed by atoms with Crippen LogP contribution in [0.25, 0.3) is 0 Å². The topological polar surface area (TPSA) is 206 Å². The average Bonchev–Trinajstić information content (AvgIpc) is 2.74. The van der Waals surface area contributed by atoms with E-state index in [9.17, 15) is 24.6 Å². The molecule has 0 fully saturated rings. The van der Waals surface area contributed by atoms with Crippen molar-refractivity contribution < 1.29 is 24.6 Å². The summed E-state index contributed by atoms with van der Waals surface area (Å²) in [7, 11) is 0. The lowest BCUT2D eigenvalue weighted by molar-refractivity contribution is -0.142. The molecule has 0 saturated carbocycles. The van der Waals surface area contributed by atoms with Crippen LogP contribution in [0, 0.1) is 0 Å². The number of aliphatic imine (C=N–C) groups is 1. The highest BCUT2D eigenvalue weighted by molar-refractivity contribution is 7.98. The molecule has 11 nitrogen and oxygen atoms in total. The Balaban J connectivity index is 2.75. The van der Waals surface area contributed by atoms with Crippen LogP contribution < -0.4 is 27.8 Å². The van der Waals surface area contributed by atoms with Gasteiger partial charge in [-0.3, -0.25) is 14.6 Å². The maximum atomic E-state index is 12.8. The Bertz CT molecular complexity index is 785. The van der Waals surface area contributed by atoms with Gasteiger partial charge in [-0.15, -0.1) is 0 Å². The molecule has 1 aromatic rings. The number of hydrogen-bond acceptors (Lipinski definition) is 7. The fourth-order valence-corrected chi connectivity index (χ4v) is 3.25. The van der Waals surface area contributed by atoms with Crippen LogP contribution in [-0.4, -0.2) is 70.6 Å². The number of nitrogens with zero attached hydrogens (tertiary/aromatic N) is 1. The van der Waals surface area contributed by atoms with Gasteiger partial charge < -0.3 is 38.0 Å². The van der Waals surface area contributed by atoms with E-state index in [-0.39, 0.29) is 18.1 Å². The predicted molar refractivity (Wildman–Crippen MR) is 124 cm³/mol. The highest BCUT2D eigenvalue weighted by Crippen LogP contribution is 2.12. The predicted octanol–water partition coefficient (Wildman–Crippen LogP) is -0.877. The van der Waals surface area contributed by atoms with E-state index in [0.717, 1.165) is 0 Å². The Morgan fingerprint density at radius 3 is 2.25 bits per heavy atom. The van der Waals surface area contributed by atoms with Gasteiger partial charge in [0.25, 0.3) is 0 Å². The second-order valence-corrected chi connectivity index (χ2v) is 8.15. The van der Waals surface area contributed by atoms with Crippen LogP contribution in [0.3, 0.4) is 0 Å². The summed E-state index contributed by atoms with van der Waals surface area (Å²) in [5.41, 5.74) is 17.0. The highest BCUT2D eigenvalue weighted by Gasteiger charge is 2.27. The molecule has 0 unspecified atom stereocenters. The molecule has 0 bridgehead atoms. The quantitative estimate of drug-likeness (QED) is 0.103. The molecule has 2 amide bonds. The maximum absolute atomic E-state index is 12.8. The van der Waals surface area contributed by atoms with E-state index in [1.165, 1.54) is 23.9 Å². The zero-order valence-electron chi connectivity index (χ0n) is 18.0. The molecule has 3 atom stereocenters. The zero-order chi connectivity index (χ0) is 24.1. The molecule has 0 radical (unpaired) electrons. The molecule has 1 rings (SSSR count). The van der Waals surface area contributed by atoms with E-state index < -0.39 is 35.9 Å². The van der Waals surface area contributed by atoms with Crippen molar-refractivity contribution in [1.82, 2.24) is 10.6 Å². The number of aliphatic carboxylic acids is 1. The van der Waals surface area contributed by atoms with Crippen molar-refractivity contribution in [1.29, 1.82) is 0 Å². The van der Waals surface area contributed by atoms with E-state index in [4.69, 9.17) is 17.2 Å². The summed E-state index contributed by atoms with van der Waals surface area (Å²) in [6, 6.07) is 3.03. The Labute approximate surface area is 191 Å². The van der Waals surface area contributed by atoms with Crippen LogP contribution >= 0.6 is 11.8 Å². The molecule has 0 aliphatic carbocycles. The molecule has 32 heavy (non-hydrogen) atoms. The number of carbonyl (C=O) groups is 3. The molecule has 0 aliphatic rings. The average molecular weight is 469 g/mol. The number of hydrogen-bond donors (Lipinski definition) is 7. The Hall–Kier alpha value is -2.99. The van der Waals surface area contributed by atoms with Gasteiger partial charge in [-0.2, -0.15) is 11.8 Å². The van der Waals surface area contributed by atoms with Gasteiger partial charge in [-0.1, -0.05) is 12.1 Å². The second kappa shape index (κ2) is 14.1. The van der Waals surface area contributed by atoms with Crippen molar-refractivity contribution in [3.8, 4) is 5.75 Å². The van der Waals surface area contributed by atoms with E-state index >= 15 is 0 Å². The Kier molecular flexibility index (Phi) is 12.0. The molecule has 0 aliphatic heterocycles. The van der Waals surface area contributed by atoms with Crippen LogP contribution in [0.15, 0.2) is 29.3 Å². The number of amides is 2. The first-order valence-corrected chi connectivity index (χ1v) is 11.4. The summed E-state index contributed by atoms with van der Waals surface area (Å²) in [6.07, 6.45) is 3.00. The largest absolute Gasteiger partial charge is 0.508 e. The Morgan fingerprint density at radius 1 is 1.06 bits per heavy atom. The van der Waals surface area contributed by atoms with Gasteiger partial charge in [-0.25, -0.2) is 4.79 Å². The third-order valence-corrected chi connectivity index (χ3v) is 5.18. The standard InChI is InChI=1S/C20H32N6O5S/c1-32-10-8-15(25-17(28)14(21)3-2-9-24-20(22)23)18(29)26-16(19(30)31)11-12-4-6-13(27)7-5-12/h4-7,14-16,27H,2-3,8-11,21H2,1H3,(H,25,28)(H,26,29)(H,30,31)(H4,22,23,24)/t14-,15-,16-/m0/s1. The van der Waals surface area contributed by atoms with Gasteiger partial charge in [0, 0.05) is 13.0 Å². The van der Waals surface area contributed by atoms with Crippen molar-refractivity contribution in [3.63, 3.8) is 0 Å². The number of carbonyl (C=O) groups excluding carboxylic acids is 2. The monoisotopic (exact) mass is 468 g/mol. The molecule has 1 aromatic carbocycles. The molecular formula is C20H32N6O5S. The summed E-state index contributed by atoms with van der Waals surface area (Å²) in [4.78, 5) is 40.7. The molecule has 10 N–H and O–H groups in total.